The van der Waals surface area contributed by atoms with E-state index in [4.69, 9.17) is 0 Å². The second-order valence-corrected chi connectivity index (χ2v) is 2.31. The minimum absolute atomic E-state index is 0.250. The van der Waals surface area contributed by atoms with E-state index in [1.807, 2.05) is 6.92 Å². The van der Waals surface area contributed by atoms with Gasteiger partial charge in [0.1, 0.15) is 11.9 Å². The summed E-state index contributed by atoms with van der Waals surface area (Å²) >= 11 is 2.96. The quantitative estimate of drug-likeness (QED) is 0.385. The number of esters is 1. The van der Waals surface area contributed by atoms with Crippen LogP contribution in [0.1, 0.15) is 6.92 Å². The normalized spacial score (nSPS) is 8.67. The first kappa shape index (κ1) is 8.69. The summed E-state index contributed by atoms with van der Waals surface area (Å²) in [7, 11) is 0. The maximum Gasteiger partial charge on any atom is 0.316 e. The number of alkyl halides is 1. The average Bonchev–Trinajstić information content (AvgIpc) is 1.83. The van der Waals surface area contributed by atoms with Gasteiger partial charge in [-0.05, 0) is 12.5 Å². The molecule has 0 aromatic heterocycles. The van der Waals surface area contributed by atoms with Crippen LogP contribution in [-0.2, 0) is 9.53 Å². The third-order valence-electron chi connectivity index (χ3n) is 0.589. The fourth-order valence-electron chi connectivity index (χ4n) is 0.242. The number of carbonyl (C=O) groups excluding carboxylic acids is 1. The third kappa shape index (κ3) is 5.56. The van der Waals surface area contributed by atoms with E-state index in [1.54, 1.807) is 0 Å². The number of ether oxygens (including phenoxy) is 1. The number of hydrogen-bond acceptors (Lipinski definition) is 2. The largest absolute Gasteiger partial charge is 0.461 e. The zero-order valence-corrected chi connectivity index (χ0v) is 6.90. The highest BCUT2D eigenvalue weighted by Gasteiger charge is 1.96. The van der Waals surface area contributed by atoms with Crippen LogP contribution in [0.25, 0.3) is 0 Å². The smallest absolute Gasteiger partial charge is 0.316 e. The van der Waals surface area contributed by atoms with Crippen molar-refractivity contribution < 1.29 is 9.53 Å². The van der Waals surface area contributed by atoms with E-state index < -0.39 is 0 Å². The maximum atomic E-state index is 10.4. The molecule has 0 amide bonds. The Morgan fingerprint density at radius 2 is 2.33 bits per heavy atom. The van der Waals surface area contributed by atoms with E-state index in [9.17, 15) is 4.79 Å². The molecule has 0 radical (unpaired) electrons. The zero-order valence-electron chi connectivity index (χ0n) is 5.32. The van der Waals surface area contributed by atoms with Crippen molar-refractivity contribution in [2.24, 2.45) is 0 Å². The lowest BCUT2D eigenvalue weighted by atomic mass is 10.4. The third-order valence-corrected chi connectivity index (χ3v) is 1.05. The van der Waals surface area contributed by atoms with E-state index in [0.717, 1.165) is 5.57 Å². The lowest BCUT2D eigenvalue weighted by molar-refractivity contribution is -0.139. The van der Waals surface area contributed by atoms with Crippen molar-refractivity contribution in [3.63, 3.8) is 0 Å². The van der Waals surface area contributed by atoms with Gasteiger partial charge in [-0.25, -0.2) is 0 Å². The molecule has 0 N–H and O–H groups in total. The maximum absolute atomic E-state index is 10.4. The standard InChI is InChI=1S/C6H9BrO2/c1-5(2)4-9-6(8)3-7/h1,3-4H2,2H3. The molecule has 0 atom stereocenters. The van der Waals surface area contributed by atoms with Gasteiger partial charge in [0.2, 0.25) is 0 Å². The molecular formula is C6H9BrO2. The first-order chi connectivity index (χ1) is 4.16. The molecule has 0 heterocycles. The first-order valence-corrected chi connectivity index (χ1v) is 3.65. The lowest BCUT2D eigenvalue weighted by Gasteiger charge is -1.99. The average molecular weight is 193 g/mol. The molecule has 0 aliphatic heterocycles. The molecule has 52 valence electrons. The molecule has 0 unspecified atom stereocenters. The fraction of sp³-hybridized carbons (Fsp3) is 0.500. The Balaban J connectivity index is 3.28. The van der Waals surface area contributed by atoms with E-state index in [2.05, 4.69) is 27.2 Å². The molecule has 0 aromatic rings. The molecule has 9 heavy (non-hydrogen) atoms. The minimum Gasteiger partial charge on any atom is -0.461 e. The highest BCUT2D eigenvalue weighted by atomic mass is 79.9. The fourth-order valence-corrected chi connectivity index (χ4v) is 0.404. The van der Waals surface area contributed by atoms with Crippen molar-refractivity contribution >= 4 is 21.9 Å². The van der Waals surface area contributed by atoms with Gasteiger partial charge in [-0.15, -0.1) is 0 Å². The van der Waals surface area contributed by atoms with E-state index in [0.29, 0.717) is 6.61 Å². The molecule has 2 nitrogen and oxygen atoms in total. The molecular weight excluding hydrogens is 184 g/mol. The summed E-state index contributed by atoms with van der Waals surface area (Å²) in [5.74, 6) is -0.252. The second kappa shape index (κ2) is 4.56. The van der Waals surface area contributed by atoms with Gasteiger partial charge >= 0.3 is 5.97 Å². The Kier molecular flexibility index (Phi) is 4.40. The number of carbonyl (C=O) groups is 1. The van der Waals surface area contributed by atoms with Crippen molar-refractivity contribution in [1.29, 1.82) is 0 Å². The van der Waals surface area contributed by atoms with Crippen LogP contribution in [0, 0.1) is 0 Å². The zero-order chi connectivity index (χ0) is 7.28. The Morgan fingerprint density at radius 3 is 2.67 bits per heavy atom. The summed E-state index contributed by atoms with van der Waals surface area (Å²) in [5.41, 5.74) is 0.851. The van der Waals surface area contributed by atoms with Crippen LogP contribution in [-0.4, -0.2) is 17.9 Å². The van der Waals surface area contributed by atoms with Gasteiger partial charge in [0.15, 0.2) is 0 Å². The Bertz CT molecular complexity index is 120. The van der Waals surface area contributed by atoms with Gasteiger partial charge < -0.3 is 4.74 Å². The Hall–Kier alpha value is -0.310. The summed E-state index contributed by atoms with van der Waals surface area (Å²) < 4.78 is 4.67. The SMILES string of the molecule is C=C(C)COC(=O)CBr. The van der Waals surface area contributed by atoms with Gasteiger partial charge in [-0.2, -0.15) is 0 Å². The molecule has 0 bridgehead atoms. The van der Waals surface area contributed by atoms with Crippen LogP contribution in [0.5, 0.6) is 0 Å². The Morgan fingerprint density at radius 1 is 1.78 bits per heavy atom. The van der Waals surface area contributed by atoms with Gasteiger partial charge in [0.25, 0.3) is 0 Å². The predicted octanol–water partition coefficient (Wildman–Crippen LogP) is 1.50. The molecule has 0 saturated carbocycles. The van der Waals surface area contributed by atoms with Crippen LogP contribution in [0.3, 0.4) is 0 Å². The summed E-state index contributed by atoms with van der Waals surface area (Å²) in [5, 5.41) is 0.250. The molecule has 0 fully saturated rings. The summed E-state index contributed by atoms with van der Waals surface area (Å²) in [6.45, 7) is 5.70. The van der Waals surface area contributed by atoms with Crippen LogP contribution in [0.15, 0.2) is 12.2 Å². The van der Waals surface area contributed by atoms with E-state index >= 15 is 0 Å². The van der Waals surface area contributed by atoms with Crippen LogP contribution in [0.2, 0.25) is 0 Å². The number of rotatable bonds is 3. The number of hydrogen-bond donors (Lipinski definition) is 0. The van der Waals surface area contributed by atoms with E-state index in [1.165, 1.54) is 0 Å². The molecule has 0 saturated heterocycles. The molecule has 0 spiro atoms. The molecule has 0 rings (SSSR count). The second-order valence-electron chi connectivity index (χ2n) is 1.75. The molecule has 0 aromatic carbocycles. The summed E-state index contributed by atoms with van der Waals surface area (Å²) in [6, 6.07) is 0. The van der Waals surface area contributed by atoms with Crippen molar-refractivity contribution in [1.82, 2.24) is 0 Å². The van der Waals surface area contributed by atoms with Crippen molar-refractivity contribution in [3.05, 3.63) is 12.2 Å². The molecule has 3 heteroatoms. The number of halogens is 1. The Labute approximate surface area is 63.0 Å². The summed E-state index contributed by atoms with van der Waals surface area (Å²) in [6.07, 6.45) is 0. The van der Waals surface area contributed by atoms with Crippen LogP contribution in [0.4, 0.5) is 0 Å². The minimum atomic E-state index is -0.252. The van der Waals surface area contributed by atoms with Crippen molar-refractivity contribution in [2.75, 3.05) is 11.9 Å². The lowest BCUT2D eigenvalue weighted by Crippen LogP contribution is -2.06. The van der Waals surface area contributed by atoms with Crippen molar-refractivity contribution in [2.45, 2.75) is 6.92 Å². The highest BCUT2D eigenvalue weighted by Crippen LogP contribution is 1.90. The van der Waals surface area contributed by atoms with E-state index in [-0.39, 0.29) is 11.3 Å². The van der Waals surface area contributed by atoms with Gasteiger partial charge in [-0.3, -0.25) is 4.79 Å². The van der Waals surface area contributed by atoms with Crippen LogP contribution < -0.4 is 0 Å². The van der Waals surface area contributed by atoms with Gasteiger partial charge in [-0.1, -0.05) is 22.5 Å². The first-order valence-electron chi connectivity index (χ1n) is 2.52. The van der Waals surface area contributed by atoms with Gasteiger partial charge in [0.05, 0.1) is 0 Å². The van der Waals surface area contributed by atoms with Crippen LogP contribution >= 0.6 is 15.9 Å². The summed E-state index contributed by atoms with van der Waals surface area (Å²) in [4.78, 5) is 10.4. The topological polar surface area (TPSA) is 26.3 Å². The van der Waals surface area contributed by atoms with Crippen molar-refractivity contribution in [3.8, 4) is 0 Å². The molecule has 0 aliphatic carbocycles. The monoisotopic (exact) mass is 192 g/mol. The van der Waals surface area contributed by atoms with Gasteiger partial charge in [0, 0.05) is 0 Å². The predicted molar refractivity (Wildman–Crippen MR) is 39.6 cm³/mol. The highest BCUT2D eigenvalue weighted by molar-refractivity contribution is 9.09. The molecule has 0 aliphatic rings.